The Labute approximate surface area is 121 Å². The number of nitrogens with zero attached hydrogens (tertiary/aromatic N) is 5. The van der Waals surface area contributed by atoms with Gasteiger partial charge in [-0.05, 0) is 19.9 Å². The first-order valence-electron chi connectivity index (χ1n) is 6.56. The number of nitrogens with two attached hydrogens (primary N) is 1. The van der Waals surface area contributed by atoms with Crippen LogP contribution in [-0.4, -0.2) is 29.9 Å². The van der Waals surface area contributed by atoms with Crippen molar-refractivity contribution >= 4 is 22.8 Å². The van der Waals surface area contributed by atoms with Crippen molar-refractivity contribution in [1.29, 1.82) is 0 Å². The summed E-state index contributed by atoms with van der Waals surface area (Å²) < 4.78 is 3.69. The molecule has 3 aromatic rings. The molecule has 0 bridgehead atoms. The second kappa shape index (κ2) is 4.69. The Morgan fingerprint density at radius 1 is 1.29 bits per heavy atom. The molecule has 0 aliphatic rings. The van der Waals surface area contributed by atoms with Gasteiger partial charge in [0.15, 0.2) is 17.2 Å². The molecular formula is C14H16N6O. The van der Waals surface area contributed by atoms with E-state index in [1.807, 2.05) is 31.5 Å². The topological polar surface area (TPSA) is 91.6 Å². The summed E-state index contributed by atoms with van der Waals surface area (Å²) in [5.74, 6) is 0.339. The molecule has 0 radical (unpaired) electrons. The highest BCUT2D eigenvalue weighted by molar-refractivity contribution is 5.98. The number of aryl methyl sites for hydroxylation is 1. The van der Waals surface area contributed by atoms with Gasteiger partial charge in [-0.25, -0.2) is 15.0 Å². The fourth-order valence-corrected chi connectivity index (χ4v) is 2.39. The number of Topliss-reactive ketones (excluding diaryl/α,β-unsaturated/α-hetero) is 1. The lowest BCUT2D eigenvalue weighted by molar-refractivity contribution is 0.0972. The van der Waals surface area contributed by atoms with Crippen LogP contribution in [0.2, 0.25) is 0 Å². The molecule has 2 N–H and O–H groups in total. The molecule has 0 amide bonds. The van der Waals surface area contributed by atoms with E-state index in [-0.39, 0.29) is 12.3 Å². The molecule has 0 spiro atoms. The second-order valence-electron chi connectivity index (χ2n) is 5.07. The average Bonchev–Trinajstić information content (AvgIpc) is 2.97. The molecule has 0 atom stereocenters. The van der Waals surface area contributed by atoms with Crippen molar-refractivity contribution in [3.63, 3.8) is 0 Å². The Morgan fingerprint density at radius 3 is 2.71 bits per heavy atom. The number of carbonyl (C=O) groups excluding carboxylic acids is 1. The molecule has 0 aromatic carbocycles. The third-order valence-electron chi connectivity index (χ3n) is 3.82. The summed E-state index contributed by atoms with van der Waals surface area (Å²) in [5, 5.41) is 0. The molecule has 0 fully saturated rings. The third kappa shape index (κ3) is 2.06. The summed E-state index contributed by atoms with van der Waals surface area (Å²) in [6.45, 7) is 4.09. The largest absolute Gasteiger partial charge is 0.382 e. The van der Waals surface area contributed by atoms with Crippen molar-refractivity contribution < 1.29 is 4.79 Å². The van der Waals surface area contributed by atoms with Gasteiger partial charge in [0.1, 0.15) is 11.8 Å². The molecule has 3 rings (SSSR count). The fourth-order valence-electron chi connectivity index (χ4n) is 2.39. The Morgan fingerprint density at radius 2 is 2.05 bits per heavy atom. The van der Waals surface area contributed by atoms with Crippen LogP contribution in [0, 0.1) is 13.8 Å². The zero-order valence-electron chi connectivity index (χ0n) is 12.2. The summed E-state index contributed by atoms with van der Waals surface area (Å²) in [6, 6.07) is 1.90. The fraction of sp³-hybridized carbons (Fsp3) is 0.286. The molecule has 3 aromatic heterocycles. The van der Waals surface area contributed by atoms with Gasteiger partial charge in [-0.15, -0.1) is 0 Å². The molecule has 0 saturated carbocycles. The van der Waals surface area contributed by atoms with Crippen molar-refractivity contribution in [1.82, 2.24) is 24.1 Å². The van der Waals surface area contributed by atoms with Crippen LogP contribution >= 0.6 is 0 Å². The number of nitrogen functional groups attached to an aromatic ring is 1. The summed E-state index contributed by atoms with van der Waals surface area (Å²) in [6.07, 6.45) is 2.94. The van der Waals surface area contributed by atoms with Crippen LogP contribution in [0.5, 0.6) is 0 Å². The average molecular weight is 284 g/mol. The highest BCUT2D eigenvalue weighted by Crippen LogP contribution is 2.17. The van der Waals surface area contributed by atoms with Gasteiger partial charge in [0.25, 0.3) is 0 Å². The molecule has 21 heavy (non-hydrogen) atoms. The SMILES string of the molecule is Cc1cc(C(=O)Cn2cnc3c(N)ncnc32)c(C)n1C. The normalized spacial score (nSPS) is 11.2. The van der Waals surface area contributed by atoms with Gasteiger partial charge in [0, 0.05) is 24.0 Å². The van der Waals surface area contributed by atoms with Crippen LogP contribution in [0.3, 0.4) is 0 Å². The summed E-state index contributed by atoms with van der Waals surface area (Å²) in [4.78, 5) is 24.7. The first-order valence-corrected chi connectivity index (χ1v) is 6.56. The van der Waals surface area contributed by atoms with Crippen LogP contribution in [0.25, 0.3) is 11.2 Å². The minimum absolute atomic E-state index is 0.0210. The summed E-state index contributed by atoms with van der Waals surface area (Å²) in [7, 11) is 1.95. The van der Waals surface area contributed by atoms with Crippen LogP contribution in [0.1, 0.15) is 21.7 Å². The smallest absolute Gasteiger partial charge is 0.184 e. The summed E-state index contributed by atoms with van der Waals surface area (Å²) >= 11 is 0. The molecular weight excluding hydrogens is 268 g/mol. The van der Waals surface area contributed by atoms with Crippen molar-refractivity contribution in [2.45, 2.75) is 20.4 Å². The number of anilines is 1. The number of aromatic nitrogens is 5. The molecule has 0 aliphatic carbocycles. The number of hydrogen-bond donors (Lipinski definition) is 1. The van der Waals surface area contributed by atoms with E-state index in [1.54, 1.807) is 10.9 Å². The van der Waals surface area contributed by atoms with E-state index in [9.17, 15) is 4.79 Å². The molecule has 0 saturated heterocycles. The first kappa shape index (κ1) is 13.3. The molecule has 0 aliphatic heterocycles. The van der Waals surface area contributed by atoms with E-state index in [0.717, 1.165) is 17.0 Å². The maximum Gasteiger partial charge on any atom is 0.184 e. The van der Waals surface area contributed by atoms with Gasteiger partial charge in [-0.2, -0.15) is 0 Å². The zero-order chi connectivity index (χ0) is 15.1. The van der Waals surface area contributed by atoms with Gasteiger partial charge in [0.2, 0.25) is 0 Å². The minimum Gasteiger partial charge on any atom is -0.382 e. The number of imidazole rings is 1. The lowest BCUT2D eigenvalue weighted by Gasteiger charge is -2.04. The number of carbonyl (C=O) groups is 1. The first-order chi connectivity index (χ1) is 9.99. The van der Waals surface area contributed by atoms with Crippen molar-refractivity contribution in [3.05, 3.63) is 35.7 Å². The van der Waals surface area contributed by atoms with E-state index in [0.29, 0.717) is 17.0 Å². The highest BCUT2D eigenvalue weighted by atomic mass is 16.1. The van der Waals surface area contributed by atoms with Crippen molar-refractivity contribution in [2.24, 2.45) is 7.05 Å². The van der Waals surface area contributed by atoms with Crippen LogP contribution in [0.15, 0.2) is 18.7 Å². The van der Waals surface area contributed by atoms with Crippen molar-refractivity contribution in [2.75, 3.05) is 5.73 Å². The molecule has 3 heterocycles. The van der Waals surface area contributed by atoms with E-state index in [1.165, 1.54) is 6.33 Å². The van der Waals surface area contributed by atoms with Crippen LogP contribution in [-0.2, 0) is 13.6 Å². The third-order valence-corrected chi connectivity index (χ3v) is 3.82. The van der Waals surface area contributed by atoms with E-state index < -0.39 is 0 Å². The lowest BCUT2D eigenvalue weighted by atomic mass is 10.1. The Hall–Kier alpha value is -2.70. The van der Waals surface area contributed by atoms with Gasteiger partial charge < -0.3 is 14.9 Å². The number of rotatable bonds is 3. The second-order valence-corrected chi connectivity index (χ2v) is 5.07. The van der Waals surface area contributed by atoms with Gasteiger partial charge in [-0.3, -0.25) is 4.79 Å². The zero-order valence-corrected chi connectivity index (χ0v) is 12.2. The maximum atomic E-state index is 12.5. The lowest BCUT2D eigenvalue weighted by Crippen LogP contribution is -2.11. The predicted octanol–water partition coefficient (Wildman–Crippen LogP) is 1.25. The van der Waals surface area contributed by atoms with Gasteiger partial charge >= 0.3 is 0 Å². The molecule has 0 unspecified atom stereocenters. The number of ketones is 1. The Balaban J connectivity index is 1.97. The number of hydrogen-bond acceptors (Lipinski definition) is 5. The van der Waals surface area contributed by atoms with E-state index >= 15 is 0 Å². The number of fused-ring (bicyclic) bond motifs is 1. The van der Waals surface area contributed by atoms with Crippen LogP contribution in [0.4, 0.5) is 5.82 Å². The summed E-state index contributed by atoms with van der Waals surface area (Å²) in [5.41, 5.74) is 9.56. The quantitative estimate of drug-likeness (QED) is 0.731. The molecule has 7 heteroatoms. The monoisotopic (exact) mass is 284 g/mol. The molecule has 7 nitrogen and oxygen atoms in total. The molecule has 108 valence electrons. The van der Waals surface area contributed by atoms with E-state index in [2.05, 4.69) is 15.0 Å². The highest BCUT2D eigenvalue weighted by Gasteiger charge is 2.16. The van der Waals surface area contributed by atoms with Crippen molar-refractivity contribution in [3.8, 4) is 0 Å². The Kier molecular flexibility index (Phi) is 2.97. The van der Waals surface area contributed by atoms with Gasteiger partial charge in [-0.1, -0.05) is 0 Å². The van der Waals surface area contributed by atoms with E-state index in [4.69, 9.17) is 5.73 Å². The van der Waals surface area contributed by atoms with Gasteiger partial charge in [0.05, 0.1) is 12.9 Å². The predicted molar refractivity (Wildman–Crippen MR) is 79.0 cm³/mol. The van der Waals surface area contributed by atoms with Crippen LogP contribution < -0.4 is 5.73 Å². The standard InChI is InChI=1S/C14H16N6O/c1-8-4-10(9(2)19(8)3)11(21)5-20-7-18-12-13(15)16-6-17-14(12)20/h4,6-7H,5H2,1-3H3,(H2,15,16,17). The minimum atomic E-state index is 0.0210. The maximum absolute atomic E-state index is 12.5. The Bertz CT molecular complexity index is 845.